The summed E-state index contributed by atoms with van der Waals surface area (Å²) in [6.07, 6.45) is 0. The first kappa shape index (κ1) is 36.8. The SMILES string of the molecule is c1ccc(-c2ccc(N(c3ccccc3-c3ccccc3)c3cccc4c3c3ccccc3n4-c3ccc(-c4ccccc4)cc3-c3ccccc3)c(-c3ccccc3)c2)cc1. The number of benzene rings is 10. The smallest absolute Gasteiger partial charge is 0.0562 e. The minimum absolute atomic E-state index is 1.10. The Bertz CT molecular complexity index is 3320. The molecule has 0 atom stereocenters. The van der Waals surface area contributed by atoms with Gasteiger partial charge in [0.1, 0.15) is 0 Å². The van der Waals surface area contributed by atoms with Gasteiger partial charge in [-0.2, -0.15) is 0 Å². The fraction of sp³-hybridized carbons (Fsp3) is 0. The molecule has 0 aliphatic carbocycles. The Kier molecular flexibility index (Phi) is 9.57. The summed E-state index contributed by atoms with van der Waals surface area (Å²) in [6.45, 7) is 0. The van der Waals surface area contributed by atoms with E-state index in [4.69, 9.17) is 0 Å². The van der Waals surface area contributed by atoms with Gasteiger partial charge in [0.25, 0.3) is 0 Å². The molecule has 1 aromatic heterocycles. The highest BCUT2D eigenvalue weighted by atomic mass is 15.2. The molecule has 0 bridgehead atoms. The lowest BCUT2D eigenvalue weighted by atomic mass is 9.95. The van der Waals surface area contributed by atoms with Gasteiger partial charge < -0.3 is 9.47 Å². The van der Waals surface area contributed by atoms with Crippen molar-refractivity contribution in [3.8, 4) is 61.3 Å². The number of hydrogen-bond donors (Lipinski definition) is 0. The standard InChI is InChI=1S/C60H42N2/c1-6-21-43(22-7-1)48-37-39-56(52(41-48)46-27-12-4-13-28-46)61(54-33-18-16-31-50(54)45-25-10-3-11-26-45)58-35-20-36-59-60(58)51-32-17-19-34-55(51)62(59)57-40-38-49(44-23-8-2-9-24-44)42-53(57)47-29-14-5-15-30-47/h1-42H. The fourth-order valence-electron chi connectivity index (χ4n) is 9.15. The van der Waals surface area contributed by atoms with E-state index in [-0.39, 0.29) is 0 Å². The molecule has 0 radical (unpaired) electrons. The Morgan fingerprint density at radius 1 is 0.258 bits per heavy atom. The molecule has 1 heterocycles. The monoisotopic (exact) mass is 790 g/mol. The third-order valence-corrected chi connectivity index (χ3v) is 12.0. The van der Waals surface area contributed by atoms with Crippen LogP contribution < -0.4 is 4.90 Å². The van der Waals surface area contributed by atoms with E-state index < -0.39 is 0 Å². The zero-order valence-corrected chi connectivity index (χ0v) is 34.1. The average molecular weight is 791 g/mol. The van der Waals surface area contributed by atoms with E-state index >= 15 is 0 Å². The Morgan fingerprint density at radius 3 is 1.32 bits per heavy atom. The number of rotatable bonds is 9. The molecule has 11 aromatic rings. The van der Waals surface area contributed by atoms with Crippen LogP contribution in [0, 0.1) is 0 Å². The molecular weight excluding hydrogens is 749 g/mol. The predicted molar refractivity (Wildman–Crippen MR) is 263 cm³/mol. The van der Waals surface area contributed by atoms with E-state index in [0.29, 0.717) is 0 Å². The van der Waals surface area contributed by atoms with E-state index in [2.05, 4.69) is 264 Å². The lowest BCUT2D eigenvalue weighted by Crippen LogP contribution is -2.13. The first-order valence-corrected chi connectivity index (χ1v) is 21.3. The van der Waals surface area contributed by atoms with E-state index in [9.17, 15) is 0 Å². The number of nitrogens with zero attached hydrogens (tertiary/aromatic N) is 2. The van der Waals surface area contributed by atoms with Crippen molar-refractivity contribution in [2.75, 3.05) is 4.90 Å². The molecule has 0 saturated heterocycles. The Balaban J connectivity index is 1.22. The first-order valence-electron chi connectivity index (χ1n) is 21.3. The Hall–Kier alpha value is -8.20. The van der Waals surface area contributed by atoms with Gasteiger partial charge in [-0.3, -0.25) is 0 Å². The summed E-state index contributed by atoms with van der Waals surface area (Å²) in [5.74, 6) is 0. The molecule has 0 spiro atoms. The number of para-hydroxylation sites is 2. The van der Waals surface area contributed by atoms with Crippen molar-refractivity contribution in [2.24, 2.45) is 0 Å². The highest BCUT2D eigenvalue weighted by Gasteiger charge is 2.26. The molecule has 2 heteroatoms. The molecule has 62 heavy (non-hydrogen) atoms. The van der Waals surface area contributed by atoms with Gasteiger partial charge in [0.15, 0.2) is 0 Å². The first-order chi connectivity index (χ1) is 30.8. The average Bonchev–Trinajstić information content (AvgIpc) is 3.70. The molecule has 0 N–H and O–H groups in total. The minimum atomic E-state index is 1.10. The van der Waals surface area contributed by atoms with Gasteiger partial charge in [-0.1, -0.05) is 206 Å². The maximum Gasteiger partial charge on any atom is 0.0562 e. The predicted octanol–water partition coefficient (Wildman–Crippen LogP) is 16.6. The zero-order valence-electron chi connectivity index (χ0n) is 34.1. The summed E-state index contributed by atoms with van der Waals surface area (Å²) in [5, 5.41) is 2.37. The highest BCUT2D eigenvalue weighted by molar-refractivity contribution is 6.17. The molecule has 0 aliphatic heterocycles. The second-order valence-electron chi connectivity index (χ2n) is 15.7. The van der Waals surface area contributed by atoms with Gasteiger partial charge in [-0.15, -0.1) is 0 Å². The second-order valence-corrected chi connectivity index (χ2v) is 15.7. The van der Waals surface area contributed by atoms with Crippen LogP contribution in [0.3, 0.4) is 0 Å². The maximum absolute atomic E-state index is 2.51. The van der Waals surface area contributed by atoms with E-state index in [1.807, 2.05) is 0 Å². The summed E-state index contributed by atoms with van der Waals surface area (Å²) < 4.78 is 2.48. The Labute approximate surface area is 362 Å². The summed E-state index contributed by atoms with van der Waals surface area (Å²) in [6, 6.07) is 92.2. The summed E-state index contributed by atoms with van der Waals surface area (Å²) >= 11 is 0. The van der Waals surface area contributed by atoms with Crippen LogP contribution in [0.5, 0.6) is 0 Å². The van der Waals surface area contributed by atoms with E-state index in [1.54, 1.807) is 0 Å². The van der Waals surface area contributed by atoms with E-state index in [0.717, 1.165) is 56.0 Å². The topological polar surface area (TPSA) is 8.17 Å². The van der Waals surface area contributed by atoms with Crippen LogP contribution in [0.4, 0.5) is 17.1 Å². The second kappa shape index (κ2) is 16.1. The van der Waals surface area contributed by atoms with Gasteiger partial charge in [-0.05, 0) is 87.5 Å². The molecule has 2 nitrogen and oxygen atoms in total. The number of hydrogen-bond acceptors (Lipinski definition) is 1. The third kappa shape index (κ3) is 6.65. The van der Waals surface area contributed by atoms with Crippen molar-refractivity contribution in [1.29, 1.82) is 0 Å². The van der Waals surface area contributed by atoms with Crippen LogP contribution in [0.2, 0.25) is 0 Å². The molecule has 0 aliphatic rings. The minimum Gasteiger partial charge on any atom is -0.309 e. The normalized spacial score (nSPS) is 11.2. The molecule has 0 unspecified atom stereocenters. The van der Waals surface area contributed by atoms with Crippen molar-refractivity contribution in [2.45, 2.75) is 0 Å². The molecule has 11 rings (SSSR count). The zero-order chi connectivity index (χ0) is 41.2. The van der Waals surface area contributed by atoms with Crippen LogP contribution in [-0.2, 0) is 0 Å². The van der Waals surface area contributed by atoms with Crippen LogP contribution >= 0.6 is 0 Å². The van der Waals surface area contributed by atoms with E-state index in [1.165, 1.54) is 44.2 Å². The van der Waals surface area contributed by atoms with Crippen LogP contribution in [0.25, 0.3) is 83.1 Å². The molecule has 0 amide bonds. The van der Waals surface area contributed by atoms with Crippen molar-refractivity contribution in [3.05, 3.63) is 255 Å². The summed E-state index contributed by atoms with van der Waals surface area (Å²) in [7, 11) is 0. The lowest BCUT2D eigenvalue weighted by molar-refractivity contribution is 1.18. The van der Waals surface area contributed by atoms with Gasteiger partial charge >= 0.3 is 0 Å². The molecular formula is C60H42N2. The quantitative estimate of drug-likeness (QED) is 0.141. The van der Waals surface area contributed by atoms with Crippen molar-refractivity contribution in [3.63, 3.8) is 0 Å². The summed E-state index contributed by atoms with van der Waals surface area (Å²) in [4.78, 5) is 2.51. The van der Waals surface area contributed by atoms with Gasteiger partial charge in [0, 0.05) is 27.5 Å². The molecule has 0 saturated carbocycles. The number of anilines is 3. The van der Waals surface area contributed by atoms with Crippen LogP contribution in [0.15, 0.2) is 255 Å². The van der Waals surface area contributed by atoms with Gasteiger partial charge in [-0.25, -0.2) is 0 Å². The fourth-order valence-corrected chi connectivity index (χ4v) is 9.15. The van der Waals surface area contributed by atoms with Crippen LogP contribution in [0.1, 0.15) is 0 Å². The number of fused-ring (bicyclic) bond motifs is 3. The Morgan fingerprint density at radius 2 is 0.694 bits per heavy atom. The van der Waals surface area contributed by atoms with Crippen molar-refractivity contribution < 1.29 is 0 Å². The third-order valence-electron chi connectivity index (χ3n) is 12.0. The molecule has 292 valence electrons. The highest BCUT2D eigenvalue weighted by Crippen LogP contribution is 2.50. The van der Waals surface area contributed by atoms with Crippen LogP contribution in [-0.4, -0.2) is 4.57 Å². The van der Waals surface area contributed by atoms with Gasteiger partial charge in [0.05, 0.1) is 33.8 Å². The maximum atomic E-state index is 2.51. The lowest BCUT2D eigenvalue weighted by Gasteiger charge is -2.31. The number of aromatic nitrogens is 1. The molecule has 0 fully saturated rings. The molecule has 10 aromatic carbocycles. The van der Waals surface area contributed by atoms with Crippen molar-refractivity contribution in [1.82, 2.24) is 4.57 Å². The van der Waals surface area contributed by atoms with Crippen molar-refractivity contribution >= 4 is 38.9 Å². The largest absolute Gasteiger partial charge is 0.309 e. The summed E-state index contributed by atoms with van der Waals surface area (Å²) in [5.41, 5.74) is 18.4. The van der Waals surface area contributed by atoms with Gasteiger partial charge in [0.2, 0.25) is 0 Å².